The monoisotopic (exact) mass is 461 g/mol. The van der Waals surface area contributed by atoms with E-state index in [1.54, 1.807) is 9.13 Å². The van der Waals surface area contributed by atoms with E-state index in [1.807, 2.05) is 39.0 Å². The number of hydrogen-bond acceptors (Lipinski definition) is 5. The van der Waals surface area contributed by atoms with Gasteiger partial charge in [-0.05, 0) is 56.0 Å². The lowest BCUT2D eigenvalue weighted by molar-refractivity contribution is 0.174. The van der Waals surface area contributed by atoms with Crippen molar-refractivity contribution < 1.29 is 14.3 Å². The minimum absolute atomic E-state index is 0.187. The lowest BCUT2D eigenvalue weighted by Crippen LogP contribution is -2.44. The van der Waals surface area contributed by atoms with Gasteiger partial charge in [0, 0.05) is 31.3 Å². The van der Waals surface area contributed by atoms with Crippen molar-refractivity contribution in [3.8, 4) is 22.8 Å². The van der Waals surface area contributed by atoms with Crippen LogP contribution in [-0.2, 0) is 19.5 Å². The van der Waals surface area contributed by atoms with Gasteiger partial charge in [-0.3, -0.25) is 9.13 Å². The normalized spacial score (nSPS) is 14.0. The van der Waals surface area contributed by atoms with Crippen LogP contribution in [0.2, 0.25) is 0 Å². The maximum absolute atomic E-state index is 13.6. The van der Waals surface area contributed by atoms with Gasteiger partial charge in [-0.1, -0.05) is 17.7 Å². The fourth-order valence-corrected chi connectivity index (χ4v) is 4.78. The van der Waals surface area contributed by atoms with Gasteiger partial charge < -0.3 is 20.5 Å². The van der Waals surface area contributed by atoms with Gasteiger partial charge >= 0.3 is 11.7 Å². The van der Waals surface area contributed by atoms with E-state index in [1.165, 1.54) is 0 Å². The summed E-state index contributed by atoms with van der Waals surface area (Å²) < 4.78 is 14.5. The second kappa shape index (κ2) is 8.40. The first-order valence-electron chi connectivity index (χ1n) is 11.3. The molecule has 0 atom stereocenters. The van der Waals surface area contributed by atoms with Gasteiger partial charge in [0.1, 0.15) is 5.49 Å². The molecule has 34 heavy (non-hydrogen) atoms. The highest BCUT2D eigenvalue weighted by Crippen LogP contribution is 2.40. The van der Waals surface area contributed by atoms with Crippen LogP contribution in [0.15, 0.2) is 40.1 Å². The Morgan fingerprint density at radius 1 is 1.09 bits per heavy atom. The maximum Gasteiger partial charge on any atom is 0.330 e. The molecule has 2 amide bonds. The van der Waals surface area contributed by atoms with Crippen LogP contribution in [0.25, 0.3) is 11.3 Å². The third-order valence-electron chi connectivity index (χ3n) is 6.27. The van der Waals surface area contributed by atoms with Gasteiger partial charge in [0.2, 0.25) is 6.79 Å². The molecule has 2 aliphatic heterocycles. The van der Waals surface area contributed by atoms with Gasteiger partial charge in [-0.2, -0.15) is 0 Å². The number of primary amides is 1. The third kappa shape index (κ3) is 3.83. The number of nitrogens with two attached hydrogens (primary N) is 1. The molecule has 0 saturated heterocycles. The topological polar surface area (TPSA) is 113 Å². The first kappa shape index (κ1) is 21.8. The van der Waals surface area contributed by atoms with Gasteiger partial charge in [0.05, 0.1) is 11.4 Å². The molecule has 2 aliphatic rings. The number of carbonyl (C=O) groups is 1. The zero-order chi connectivity index (χ0) is 24.0. The molecule has 0 radical (unpaired) electrons. The summed E-state index contributed by atoms with van der Waals surface area (Å²) in [6.07, 6.45) is 0.699. The molecule has 0 unspecified atom stereocenters. The second-order valence-electron chi connectivity index (χ2n) is 8.74. The summed E-state index contributed by atoms with van der Waals surface area (Å²) in [4.78, 5) is 29.8. The predicted octanol–water partition coefficient (Wildman–Crippen LogP) is 2.43. The van der Waals surface area contributed by atoms with Gasteiger partial charge in [-0.15, -0.1) is 0 Å². The molecule has 2 aromatic carbocycles. The largest absolute Gasteiger partial charge is 0.454 e. The molecule has 5 rings (SSSR count). The lowest BCUT2D eigenvalue weighted by atomic mass is 9.97. The summed E-state index contributed by atoms with van der Waals surface area (Å²) in [5, 5.41) is 2.56. The van der Waals surface area contributed by atoms with Crippen molar-refractivity contribution in [2.75, 3.05) is 13.3 Å². The molecule has 3 N–H and O–H groups in total. The summed E-state index contributed by atoms with van der Waals surface area (Å²) in [7, 11) is 0. The van der Waals surface area contributed by atoms with E-state index >= 15 is 0 Å². The number of nitrogens with zero attached hydrogens (tertiary/aromatic N) is 3. The average molecular weight is 462 g/mol. The molecule has 1 aromatic heterocycles. The van der Waals surface area contributed by atoms with Crippen molar-refractivity contribution >= 4 is 11.7 Å². The fraction of sp³-hybridized carbons (Fsp3) is 0.320. The Morgan fingerprint density at radius 3 is 2.50 bits per heavy atom. The molecule has 9 heteroatoms. The van der Waals surface area contributed by atoms with E-state index in [2.05, 4.69) is 17.4 Å². The summed E-state index contributed by atoms with van der Waals surface area (Å²) in [6.45, 7) is 7.27. The van der Waals surface area contributed by atoms with Gasteiger partial charge in [0.25, 0.3) is 0 Å². The second-order valence-corrected chi connectivity index (χ2v) is 8.74. The highest BCUT2D eigenvalue weighted by molar-refractivity contribution is 5.71. The number of amides is 2. The molecule has 0 spiro atoms. The van der Waals surface area contributed by atoms with Crippen LogP contribution < -0.4 is 31.7 Å². The molecule has 0 bridgehead atoms. The Bertz CT molecular complexity index is 1430. The zero-order valence-electron chi connectivity index (χ0n) is 19.5. The van der Waals surface area contributed by atoms with Crippen LogP contribution in [0.4, 0.5) is 10.5 Å². The van der Waals surface area contributed by atoms with Gasteiger partial charge in [0.15, 0.2) is 11.5 Å². The van der Waals surface area contributed by atoms with E-state index in [-0.39, 0.29) is 25.6 Å². The summed E-state index contributed by atoms with van der Waals surface area (Å²) in [5.74, 6) is 1.40. The first-order valence-corrected chi connectivity index (χ1v) is 11.3. The Kier molecular flexibility index (Phi) is 5.39. The quantitative estimate of drug-likeness (QED) is 0.621. The zero-order valence-corrected chi connectivity index (χ0v) is 19.5. The van der Waals surface area contributed by atoms with Gasteiger partial charge in [-0.25, -0.2) is 14.6 Å². The van der Waals surface area contributed by atoms with Crippen LogP contribution in [-0.4, -0.2) is 28.5 Å². The number of fused-ring (bicyclic) bond motifs is 4. The highest BCUT2D eigenvalue weighted by Gasteiger charge is 2.24. The molecule has 0 fully saturated rings. The molecule has 0 aliphatic carbocycles. The Balaban J connectivity index is 1.73. The number of aryl methyl sites for hydroxylation is 4. The minimum Gasteiger partial charge on any atom is -0.454 e. The van der Waals surface area contributed by atoms with E-state index in [0.717, 1.165) is 44.9 Å². The van der Waals surface area contributed by atoms with E-state index in [9.17, 15) is 9.59 Å². The summed E-state index contributed by atoms with van der Waals surface area (Å²) >= 11 is 0. The number of aromatic nitrogens is 2. The van der Waals surface area contributed by atoms with E-state index < -0.39 is 6.03 Å². The molecular formula is C25H27N5O4. The predicted molar refractivity (Wildman–Crippen MR) is 127 cm³/mol. The van der Waals surface area contributed by atoms with Crippen molar-refractivity contribution in [3.63, 3.8) is 0 Å². The Morgan fingerprint density at radius 2 is 1.79 bits per heavy atom. The molecule has 176 valence electrons. The van der Waals surface area contributed by atoms with Crippen molar-refractivity contribution in [3.05, 3.63) is 68.6 Å². The standard InChI is InChI=1S/C25H27N5O4/c1-14-8-15(2)23(16(3)9-14)28-22-12-19-18-11-21-20(33-13-34-21)10-17(18)4-6-29(19)25(32)30(22)7-5-27-24(26)31/h8-12H,4-7,13H2,1-3H3,(H3,26,27,31). The fourth-order valence-electron chi connectivity index (χ4n) is 4.78. The number of carbonyl (C=O) groups excluding carboxylic acids is 1. The number of rotatable bonds is 4. The summed E-state index contributed by atoms with van der Waals surface area (Å²) in [5.41, 5.74) is 12.4. The van der Waals surface area contributed by atoms with Crippen LogP contribution in [0.5, 0.6) is 11.5 Å². The number of urea groups is 1. The average Bonchev–Trinajstić information content (AvgIpc) is 3.23. The number of nitrogens with one attached hydrogen (secondary N) is 1. The lowest BCUT2D eigenvalue weighted by Gasteiger charge is -2.23. The van der Waals surface area contributed by atoms with Crippen LogP contribution in [0, 0.1) is 20.8 Å². The van der Waals surface area contributed by atoms with E-state index in [0.29, 0.717) is 24.2 Å². The minimum atomic E-state index is -0.632. The van der Waals surface area contributed by atoms with Crippen LogP contribution >= 0.6 is 0 Å². The highest BCUT2D eigenvalue weighted by atomic mass is 16.7. The Hall–Kier alpha value is -4.01. The maximum atomic E-state index is 13.6. The van der Waals surface area contributed by atoms with Crippen molar-refractivity contribution in [1.29, 1.82) is 0 Å². The molecule has 9 nitrogen and oxygen atoms in total. The van der Waals surface area contributed by atoms with Crippen molar-refractivity contribution in [1.82, 2.24) is 14.5 Å². The van der Waals surface area contributed by atoms with E-state index in [4.69, 9.17) is 20.2 Å². The Labute approximate surface area is 196 Å². The number of ether oxygens (including phenoxy) is 2. The first-order chi connectivity index (χ1) is 16.3. The SMILES string of the molecule is Cc1cc(C)c(N=c2cc3n(c(=O)n2CCNC(N)=O)CCc2cc4c(cc2-3)OCO4)c(C)c1. The number of hydrogen-bond donors (Lipinski definition) is 2. The molecular weight excluding hydrogens is 434 g/mol. The van der Waals surface area contributed by atoms with Crippen molar-refractivity contribution in [2.24, 2.45) is 10.7 Å². The van der Waals surface area contributed by atoms with Crippen LogP contribution in [0.3, 0.4) is 0 Å². The van der Waals surface area contributed by atoms with Crippen LogP contribution in [0.1, 0.15) is 22.3 Å². The smallest absolute Gasteiger partial charge is 0.330 e. The summed E-state index contributed by atoms with van der Waals surface area (Å²) in [6, 6.07) is 9.39. The number of benzene rings is 2. The molecule has 3 aromatic rings. The van der Waals surface area contributed by atoms with Crippen molar-refractivity contribution in [2.45, 2.75) is 40.3 Å². The molecule has 3 heterocycles. The molecule has 0 saturated carbocycles. The third-order valence-corrected chi connectivity index (χ3v) is 6.27.